The van der Waals surface area contributed by atoms with Crippen molar-refractivity contribution in [3.63, 3.8) is 0 Å². The zero-order valence-corrected chi connectivity index (χ0v) is 24.7. The number of alkyl halides is 1. The standard InChI is InChI=1S/C30H39FN8O2/c1-19(40)13-22-14-23(7-10-32-22)41-24-16-33-28-27(20(24)2)37(6)29(35-28)34-26-15-25(30(3,4)5)39(36-26)18-21-8-11-38(17-21)12-9-31/h7,10,14-16,21H,8-9,11-13,17-18H2,1-6H3,(H,33,34,35,36)/t21-/m0/s1. The lowest BCUT2D eigenvalue weighted by molar-refractivity contribution is -0.116. The normalized spacial score (nSPS) is 16.0. The minimum atomic E-state index is -0.304. The smallest absolute Gasteiger partial charge is 0.210 e. The Balaban J connectivity index is 1.38. The molecular formula is C30H39FN8O2. The van der Waals surface area contributed by atoms with Gasteiger partial charge in [-0.2, -0.15) is 10.1 Å². The van der Waals surface area contributed by atoms with Gasteiger partial charge < -0.3 is 19.5 Å². The molecule has 0 unspecified atom stereocenters. The highest BCUT2D eigenvalue weighted by atomic mass is 19.1. The van der Waals surface area contributed by atoms with Crippen molar-refractivity contribution >= 4 is 28.7 Å². The second kappa shape index (κ2) is 11.6. The number of hydrogen-bond acceptors (Lipinski definition) is 8. The third-order valence-electron chi connectivity index (χ3n) is 7.54. The minimum Gasteiger partial charge on any atom is -0.455 e. The molecule has 0 radical (unpaired) electrons. The van der Waals surface area contributed by atoms with Crippen molar-refractivity contribution in [3.05, 3.63) is 47.5 Å². The predicted molar refractivity (Wildman–Crippen MR) is 157 cm³/mol. The molecule has 1 aliphatic heterocycles. The fourth-order valence-electron chi connectivity index (χ4n) is 5.50. The van der Waals surface area contributed by atoms with Crippen LogP contribution in [0.15, 0.2) is 30.6 Å². The van der Waals surface area contributed by atoms with Gasteiger partial charge in [-0.3, -0.25) is 14.5 Å². The molecule has 11 heteroatoms. The molecule has 1 saturated heterocycles. The van der Waals surface area contributed by atoms with Crippen LogP contribution in [-0.4, -0.2) is 66.3 Å². The molecule has 1 atom stereocenters. The van der Waals surface area contributed by atoms with E-state index in [1.807, 2.05) is 18.5 Å². The van der Waals surface area contributed by atoms with E-state index in [0.29, 0.717) is 41.3 Å². The van der Waals surface area contributed by atoms with Crippen LogP contribution in [-0.2, 0) is 30.2 Å². The van der Waals surface area contributed by atoms with Crippen LogP contribution in [0.25, 0.3) is 11.2 Å². The fourth-order valence-corrected chi connectivity index (χ4v) is 5.50. The summed E-state index contributed by atoms with van der Waals surface area (Å²) < 4.78 is 23.0. The summed E-state index contributed by atoms with van der Waals surface area (Å²) in [4.78, 5) is 27.3. The predicted octanol–water partition coefficient (Wildman–Crippen LogP) is 5.12. The van der Waals surface area contributed by atoms with Crippen molar-refractivity contribution in [2.45, 2.75) is 59.4 Å². The fraction of sp³-hybridized carbons (Fsp3) is 0.500. The van der Waals surface area contributed by atoms with E-state index in [4.69, 9.17) is 14.8 Å². The number of carbonyl (C=O) groups is 1. The largest absolute Gasteiger partial charge is 0.455 e. The first-order valence-electron chi connectivity index (χ1n) is 14.1. The maximum absolute atomic E-state index is 12.8. The Hall–Kier alpha value is -3.86. The van der Waals surface area contributed by atoms with E-state index in [1.54, 1.807) is 31.5 Å². The molecular weight excluding hydrogens is 523 g/mol. The number of ketones is 1. The van der Waals surface area contributed by atoms with Crippen LogP contribution >= 0.6 is 0 Å². The molecule has 0 aliphatic carbocycles. The molecule has 5 rings (SSSR count). The summed E-state index contributed by atoms with van der Waals surface area (Å²) in [6.45, 7) is 12.9. The van der Waals surface area contributed by atoms with Gasteiger partial charge in [-0.25, -0.2) is 9.37 Å². The molecule has 218 valence electrons. The number of rotatable bonds is 10. The van der Waals surface area contributed by atoms with E-state index >= 15 is 0 Å². The molecule has 1 N–H and O–H groups in total. The molecule has 0 aromatic carbocycles. The van der Waals surface area contributed by atoms with Gasteiger partial charge in [0.2, 0.25) is 5.95 Å². The van der Waals surface area contributed by atoms with Gasteiger partial charge in [0.1, 0.15) is 18.2 Å². The number of halogens is 1. The molecule has 5 heterocycles. The second-order valence-electron chi connectivity index (χ2n) is 12.0. The quantitative estimate of drug-likeness (QED) is 0.284. The Labute approximate surface area is 239 Å². The van der Waals surface area contributed by atoms with Crippen LogP contribution in [0.1, 0.15) is 51.1 Å². The molecule has 1 fully saturated rings. The van der Waals surface area contributed by atoms with Crippen molar-refractivity contribution < 1.29 is 13.9 Å². The van der Waals surface area contributed by atoms with Gasteiger partial charge in [0.05, 0.1) is 17.4 Å². The number of Topliss-reactive ketones (excluding diaryl/α,β-unsaturated/α-hetero) is 1. The first kappa shape index (κ1) is 28.7. The average molecular weight is 563 g/mol. The van der Waals surface area contributed by atoms with Crippen LogP contribution in [0, 0.1) is 12.8 Å². The number of aryl methyl sites for hydroxylation is 2. The van der Waals surface area contributed by atoms with Gasteiger partial charge in [-0.05, 0) is 38.8 Å². The first-order chi connectivity index (χ1) is 19.5. The van der Waals surface area contributed by atoms with E-state index in [9.17, 15) is 9.18 Å². The van der Waals surface area contributed by atoms with Crippen molar-refractivity contribution in [1.29, 1.82) is 0 Å². The number of fused-ring (bicyclic) bond motifs is 1. The number of nitrogens with zero attached hydrogens (tertiary/aromatic N) is 7. The number of ether oxygens (including phenoxy) is 1. The van der Waals surface area contributed by atoms with Gasteiger partial charge >= 0.3 is 0 Å². The van der Waals surface area contributed by atoms with Gasteiger partial charge in [-0.15, -0.1) is 0 Å². The van der Waals surface area contributed by atoms with E-state index < -0.39 is 0 Å². The van der Waals surface area contributed by atoms with Crippen LogP contribution in [0.4, 0.5) is 16.2 Å². The summed E-state index contributed by atoms with van der Waals surface area (Å²) >= 11 is 0. The Kier molecular flexibility index (Phi) is 8.08. The lowest BCUT2D eigenvalue weighted by Gasteiger charge is -2.22. The number of anilines is 2. The third kappa shape index (κ3) is 6.40. The number of likely N-dealkylation sites (tertiary alicyclic amines) is 1. The van der Waals surface area contributed by atoms with Crippen molar-refractivity contribution in [3.8, 4) is 11.5 Å². The highest BCUT2D eigenvalue weighted by molar-refractivity contribution is 5.81. The topological polar surface area (TPSA) is 103 Å². The Bertz CT molecular complexity index is 1550. The van der Waals surface area contributed by atoms with Crippen LogP contribution in [0.5, 0.6) is 11.5 Å². The number of nitrogens with one attached hydrogen (secondary N) is 1. The maximum atomic E-state index is 12.8. The van der Waals surface area contributed by atoms with Gasteiger partial charge in [0, 0.05) is 68.1 Å². The van der Waals surface area contributed by atoms with Crippen molar-refractivity contribution in [1.82, 2.24) is 34.2 Å². The van der Waals surface area contributed by atoms with Crippen molar-refractivity contribution in [2.24, 2.45) is 13.0 Å². The monoisotopic (exact) mass is 562 g/mol. The third-order valence-corrected chi connectivity index (χ3v) is 7.54. The highest BCUT2D eigenvalue weighted by Crippen LogP contribution is 2.33. The maximum Gasteiger partial charge on any atom is 0.210 e. The minimum absolute atomic E-state index is 0.0436. The summed E-state index contributed by atoms with van der Waals surface area (Å²) in [5.41, 5.74) is 4.03. The molecule has 0 bridgehead atoms. The number of imidazole rings is 1. The van der Waals surface area contributed by atoms with Gasteiger partial charge in [-0.1, -0.05) is 20.8 Å². The summed E-state index contributed by atoms with van der Waals surface area (Å²) in [7, 11) is 1.94. The molecule has 4 aromatic heterocycles. The van der Waals surface area contributed by atoms with E-state index in [-0.39, 0.29) is 24.3 Å². The zero-order chi connectivity index (χ0) is 29.3. The molecule has 4 aromatic rings. The Morgan fingerprint density at radius 2 is 2.05 bits per heavy atom. The summed E-state index contributed by atoms with van der Waals surface area (Å²) in [5, 5.41) is 8.34. The molecule has 1 aliphatic rings. The summed E-state index contributed by atoms with van der Waals surface area (Å²) in [5.74, 6) is 3.02. The summed E-state index contributed by atoms with van der Waals surface area (Å²) in [6.07, 6.45) is 4.61. The van der Waals surface area contributed by atoms with E-state index in [2.05, 4.69) is 51.7 Å². The molecule has 10 nitrogen and oxygen atoms in total. The highest BCUT2D eigenvalue weighted by Gasteiger charge is 2.27. The first-order valence-corrected chi connectivity index (χ1v) is 14.1. The zero-order valence-electron chi connectivity index (χ0n) is 24.7. The Morgan fingerprint density at radius 1 is 1.24 bits per heavy atom. The van der Waals surface area contributed by atoms with E-state index in [0.717, 1.165) is 48.6 Å². The number of pyridine rings is 2. The lowest BCUT2D eigenvalue weighted by Crippen LogP contribution is -2.26. The SMILES string of the molecule is CC(=O)Cc1cc(Oc2cnc3nc(Nc4cc(C(C)(C)C)n(C[C@H]5CCN(CCF)C5)n4)n(C)c3c2C)ccn1. The van der Waals surface area contributed by atoms with Crippen LogP contribution in [0.3, 0.4) is 0 Å². The number of carbonyl (C=O) groups excluding carboxylic acids is 1. The molecule has 0 saturated carbocycles. The Morgan fingerprint density at radius 3 is 2.78 bits per heavy atom. The van der Waals surface area contributed by atoms with Crippen LogP contribution in [0.2, 0.25) is 0 Å². The molecule has 41 heavy (non-hydrogen) atoms. The molecule has 0 spiro atoms. The second-order valence-corrected chi connectivity index (χ2v) is 12.0. The van der Waals surface area contributed by atoms with Gasteiger partial charge in [0.25, 0.3) is 0 Å². The van der Waals surface area contributed by atoms with E-state index in [1.165, 1.54) is 0 Å². The van der Waals surface area contributed by atoms with Gasteiger partial charge in [0.15, 0.2) is 17.2 Å². The summed E-state index contributed by atoms with van der Waals surface area (Å²) in [6, 6.07) is 5.62. The number of aromatic nitrogens is 6. The average Bonchev–Trinajstić information content (AvgIpc) is 3.59. The van der Waals surface area contributed by atoms with Crippen molar-refractivity contribution in [2.75, 3.05) is 31.6 Å². The van der Waals surface area contributed by atoms with Crippen LogP contribution < -0.4 is 10.1 Å². The lowest BCUT2D eigenvalue weighted by atomic mass is 9.92. The number of hydrogen-bond donors (Lipinski definition) is 1. The molecule has 0 amide bonds.